The molecule has 0 saturated carbocycles. The van der Waals surface area contributed by atoms with Crippen LogP contribution in [0.1, 0.15) is 49.9 Å². The molecule has 2 aliphatic rings. The number of amides is 3. The van der Waals surface area contributed by atoms with E-state index in [1.807, 2.05) is 11.0 Å². The number of likely N-dealkylation sites (tertiary alicyclic amines) is 1. The first kappa shape index (κ1) is 21.9. The Morgan fingerprint density at radius 1 is 1.10 bits per heavy atom. The maximum Gasteiger partial charge on any atom is 0.325 e. The largest absolute Gasteiger partial charge is 0.465 e. The van der Waals surface area contributed by atoms with Gasteiger partial charge in [0.05, 0.1) is 12.2 Å². The lowest BCUT2D eigenvalue weighted by Gasteiger charge is -2.34. The van der Waals surface area contributed by atoms with Crippen LogP contribution >= 0.6 is 0 Å². The van der Waals surface area contributed by atoms with Crippen LogP contribution in [0.15, 0.2) is 18.2 Å². The number of carbonyl (C=O) groups excluding carboxylic acids is 3. The van der Waals surface area contributed by atoms with Gasteiger partial charge < -0.3 is 25.2 Å². The molecule has 0 aromatic heterocycles. The third-order valence-electron chi connectivity index (χ3n) is 5.70. The second-order valence-corrected chi connectivity index (χ2v) is 8.01. The number of benzene rings is 1. The quantitative estimate of drug-likeness (QED) is 0.696. The molecule has 0 radical (unpaired) electrons. The number of carbonyl (C=O) groups is 3. The molecule has 2 heterocycles. The molecule has 0 bridgehead atoms. The summed E-state index contributed by atoms with van der Waals surface area (Å²) < 4.78 is 4.80. The molecule has 8 nitrogen and oxygen atoms in total. The minimum absolute atomic E-state index is 0.0108. The molecule has 164 valence electrons. The predicted octanol–water partition coefficient (Wildman–Crippen LogP) is 2.84. The molecule has 0 aliphatic carbocycles. The zero-order valence-electron chi connectivity index (χ0n) is 17.9. The number of hydrogen-bond donors (Lipinski definition) is 2. The number of esters is 1. The molecule has 2 aliphatic heterocycles. The van der Waals surface area contributed by atoms with E-state index in [1.165, 1.54) is 0 Å². The number of piperidine rings is 1. The van der Waals surface area contributed by atoms with Crippen molar-refractivity contribution in [2.75, 3.05) is 49.5 Å². The van der Waals surface area contributed by atoms with E-state index in [0.717, 1.165) is 57.5 Å². The standard InChI is InChI=1S/C22H32N4O4/c1-3-30-20(27)15-23-22(29)24-17-6-7-19(25-12-8-16(2)9-13-25)18(14-17)21(28)26-10-4-5-11-26/h6-7,14,16H,3-5,8-13,15H2,1-2H3,(H2,23,24,29). The van der Waals surface area contributed by atoms with Crippen molar-refractivity contribution in [3.63, 3.8) is 0 Å². The molecule has 0 spiro atoms. The maximum atomic E-state index is 13.2. The topological polar surface area (TPSA) is 91.0 Å². The van der Waals surface area contributed by atoms with Crippen LogP contribution in [0.25, 0.3) is 0 Å². The average Bonchev–Trinajstić information content (AvgIpc) is 3.28. The van der Waals surface area contributed by atoms with E-state index in [-0.39, 0.29) is 19.1 Å². The summed E-state index contributed by atoms with van der Waals surface area (Å²) >= 11 is 0. The highest BCUT2D eigenvalue weighted by Crippen LogP contribution is 2.30. The van der Waals surface area contributed by atoms with E-state index >= 15 is 0 Å². The predicted molar refractivity (Wildman–Crippen MR) is 116 cm³/mol. The number of nitrogens with zero attached hydrogens (tertiary/aromatic N) is 2. The van der Waals surface area contributed by atoms with Crippen LogP contribution in [0, 0.1) is 5.92 Å². The molecule has 0 unspecified atom stereocenters. The van der Waals surface area contributed by atoms with Crippen molar-refractivity contribution in [1.29, 1.82) is 0 Å². The Balaban J connectivity index is 1.75. The van der Waals surface area contributed by atoms with Gasteiger partial charge in [0.1, 0.15) is 6.54 Å². The van der Waals surface area contributed by atoms with Gasteiger partial charge in [0.15, 0.2) is 0 Å². The summed E-state index contributed by atoms with van der Waals surface area (Å²) in [6.07, 6.45) is 4.26. The van der Waals surface area contributed by atoms with Gasteiger partial charge in [-0.25, -0.2) is 4.79 Å². The first-order valence-corrected chi connectivity index (χ1v) is 10.9. The third-order valence-corrected chi connectivity index (χ3v) is 5.70. The molecule has 1 aromatic carbocycles. The Labute approximate surface area is 177 Å². The normalized spacial score (nSPS) is 17.0. The highest BCUT2D eigenvalue weighted by atomic mass is 16.5. The van der Waals surface area contributed by atoms with Crippen LogP contribution in [0.5, 0.6) is 0 Å². The van der Waals surface area contributed by atoms with E-state index in [0.29, 0.717) is 17.2 Å². The Bertz CT molecular complexity index is 768. The summed E-state index contributed by atoms with van der Waals surface area (Å²) in [6, 6.07) is 4.96. The summed E-state index contributed by atoms with van der Waals surface area (Å²) in [7, 11) is 0. The third kappa shape index (κ3) is 5.64. The lowest BCUT2D eigenvalue weighted by atomic mass is 9.97. The van der Waals surface area contributed by atoms with Gasteiger partial charge in [-0.3, -0.25) is 9.59 Å². The number of urea groups is 1. The van der Waals surface area contributed by atoms with Crippen molar-refractivity contribution in [2.24, 2.45) is 5.92 Å². The SMILES string of the molecule is CCOC(=O)CNC(=O)Nc1ccc(N2CCC(C)CC2)c(C(=O)N2CCCC2)c1. The first-order valence-electron chi connectivity index (χ1n) is 10.9. The molecule has 3 amide bonds. The van der Waals surface area contributed by atoms with Crippen LogP contribution in [0.3, 0.4) is 0 Å². The minimum Gasteiger partial charge on any atom is -0.465 e. The van der Waals surface area contributed by atoms with Crippen molar-refractivity contribution in [3.8, 4) is 0 Å². The van der Waals surface area contributed by atoms with Gasteiger partial charge in [-0.2, -0.15) is 0 Å². The number of nitrogens with one attached hydrogen (secondary N) is 2. The molecule has 30 heavy (non-hydrogen) atoms. The number of hydrogen-bond acceptors (Lipinski definition) is 5. The van der Waals surface area contributed by atoms with Gasteiger partial charge in [0.25, 0.3) is 5.91 Å². The summed E-state index contributed by atoms with van der Waals surface area (Å²) in [5, 5.41) is 5.19. The monoisotopic (exact) mass is 416 g/mol. The molecule has 3 rings (SSSR count). The van der Waals surface area contributed by atoms with Crippen molar-refractivity contribution >= 4 is 29.3 Å². The number of rotatable bonds is 6. The van der Waals surface area contributed by atoms with E-state index in [9.17, 15) is 14.4 Å². The van der Waals surface area contributed by atoms with Crippen LogP contribution < -0.4 is 15.5 Å². The minimum atomic E-state index is -0.512. The molecule has 2 fully saturated rings. The average molecular weight is 417 g/mol. The summed E-state index contributed by atoms with van der Waals surface area (Å²) in [4.78, 5) is 40.9. The highest BCUT2D eigenvalue weighted by molar-refractivity contribution is 6.02. The van der Waals surface area contributed by atoms with Crippen molar-refractivity contribution in [1.82, 2.24) is 10.2 Å². The van der Waals surface area contributed by atoms with Gasteiger partial charge in [-0.05, 0) is 56.7 Å². The first-order chi connectivity index (χ1) is 14.5. The van der Waals surface area contributed by atoms with Gasteiger partial charge in [-0.1, -0.05) is 6.92 Å². The molecule has 0 atom stereocenters. The Hall–Kier alpha value is -2.77. The number of anilines is 2. The van der Waals surface area contributed by atoms with Crippen LogP contribution in [-0.4, -0.2) is 62.1 Å². The summed E-state index contributed by atoms with van der Waals surface area (Å²) in [5.41, 5.74) is 2.07. The highest BCUT2D eigenvalue weighted by Gasteiger charge is 2.26. The van der Waals surface area contributed by atoms with Crippen molar-refractivity contribution < 1.29 is 19.1 Å². The van der Waals surface area contributed by atoms with Gasteiger partial charge in [0.2, 0.25) is 0 Å². The van der Waals surface area contributed by atoms with E-state index in [4.69, 9.17) is 4.74 Å². The molecule has 1 aromatic rings. The second-order valence-electron chi connectivity index (χ2n) is 8.01. The molecular weight excluding hydrogens is 384 g/mol. The molecule has 2 N–H and O–H groups in total. The fraction of sp³-hybridized carbons (Fsp3) is 0.591. The molecule has 8 heteroatoms. The van der Waals surface area contributed by atoms with Crippen LogP contribution in [0.4, 0.5) is 16.2 Å². The fourth-order valence-electron chi connectivity index (χ4n) is 3.94. The Morgan fingerprint density at radius 2 is 1.80 bits per heavy atom. The van der Waals surface area contributed by atoms with E-state index in [1.54, 1.807) is 19.1 Å². The second kappa shape index (κ2) is 10.3. The van der Waals surface area contributed by atoms with Gasteiger partial charge >= 0.3 is 12.0 Å². The van der Waals surface area contributed by atoms with Gasteiger partial charge in [0, 0.05) is 37.6 Å². The summed E-state index contributed by atoms with van der Waals surface area (Å²) in [5.74, 6) is 0.215. The summed E-state index contributed by atoms with van der Waals surface area (Å²) in [6.45, 7) is 7.42. The zero-order valence-corrected chi connectivity index (χ0v) is 17.9. The van der Waals surface area contributed by atoms with Crippen LogP contribution in [-0.2, 0) is 9.53 Å². The smallest absolute Gasteiger partial charge is 0.325 e. The Morgan fingerprint density at radius 3 is 2.47 bits per heavy atom. The van der Waals surface area contributed by atoms with E-state index in [2.05, 4.69) is 22.5 Å². The lowest BCUT2D eigenvalue weighted by Crippen LogP contribution is -2.36. The van der Waals surface area contributed by atoms with Gasteiger partial charge in [-0.15, -0.1) is 0 Å². The lowest BCUT2D eigenvalue weighted by molar-refractivity contribution is -0.141. The van der Waals surface area contributed by atoms with Crippen LogP contribution in [0.2, 0.25) is 0 Å². The molecular formula is C22H32N4O4. The van der Waals surface area contributed by atoms with Crippen molar-refractivity contribution in [2.45, 2.75) is 39.5 Å². The Kier molecular flexibility index (Phi) is 7.54. The van der Waals surface area contributed by atoms with E-state index < -0.39 is 12.0 Å². The van der Waals surface area contributed by atoms with Crippen molar-refractivity contribution in [3.05, 3.63) is 23.8 Å². The molecule has 2 saturated heterocycles. The number of ether oxygens (including phenoxy) is 1. The maximum absolute atomic E-state index is 13.2. The zero-order chi connectivity index (χ0) is 21.5. The fourth-order valence-corrected chi connectivity index (χ4v) is 3.94.